The predicted octanol–water partition coefficient (Wildman–Crippen LogP) is 2.29. The maximum atomic E-state index is 10.3. The standard InChI is InChI=1S/C11H17O2/c1-10(2)8-4-5-11(3,6-8)9(10)13-7-12/h8-9H,4-6H2,1-3H3. The van der Waals surface area contributed by atoms with E-state index in [-0.39, 0.29) is 16.9 Å². The van der Waals surface area contributed by atoms with Crippen molar-refractivity contribution in [1.29, 1.82) is 0 Å². The molecule has 3 unspecified atom stereocenters. The van der Waals surface area contributed by atoms with Gasteiger partial charge in [-0.25, -0.2) is 4.79 Å². The van der Waals surface area contributed by atoms with Crippen molar-refractivity contribution in [1.82, 2.24) is 0 Å². The van der Waals surface area contributed by atoms with Crippen molar-refractivity contribution in [3.05, 3.63) is 0 Å². The molecular formula is C11H17O2. The van der Waals surface area contributed by atoms with Crippen molar-refractivity contribution in [3.63, 3.8) is 0 Å². The van der Waals surface area contributed by atoms with Crippen LogP contribution in [0, 0.1) is 16.7 Å². The smallest absolute Gasteiger partial charge is 0.417 e. The summed E-state index contributed by atoms with van der Waals surface area (Å²) < 4.78 is 5.15. The molecule has 0 heterocycles. The molecule has 0 N–H and O–H groups in total. The molecule has 2 aliphatic rings. The molecule has 0 saturated heterocycles. The van der Waals surface area contributed by atoms with Crippen LogP contribution in [0.25, 0.3) is 0 Å². The van der Waals surface area contributed by atoms with Gasteiger partial charge in [0.05, 0.1) is 0 Å². The molecule has 2 rings (SSSR count). The molecule has 2 aliphatic carbocycles. The summed E-state index contributed by atoms with van der Waals surface area (Å²) in [5.74, 6) is 0.732. The monoisotopic (exact) mass is 181 g/mol. The van der Waals surface area contributed by atoms with E-state index < -0.39 is 0 Å². The van der Waals surface area contributed by atoms with Crippen LogP contribution < -0.4 is 0 Å². The molecule has 0 spiro atoms. The van der Waals surface area contributed by atoms with E-state index in [0.717, 1.165) is 5.92 Å². The normalized spacial score (nSPS) is 46.4. The van der Waals surface area contributed by atoms with Gasteiger partial charge in [-0.2, -0.15) is 0 Å². The molecule has 0 amide bonds. The Morgan fingerprint density at radius 1 is 1.38 bits per heavy atom. The first-order chi connectivity index (χ1) is 6.00. The number of hydrogen-bond acceptors (Lipinski definition) is 2. The number of rotatable bonds is 2. The maximum Gasteiger partial charge on any atom is 0.417 e. The Balaban J connectivity index is 2.28. The van der Waals surface area contributed by atoms with Gasteiger partial charge in [-0.05, 0) is 25.2 Å². The van der Waals surface area contributed by atoms with Crippen LogP contribution in [0.15, 0.2) is 0 Å². The van der Waals surface area contributed by atoms with Crippen LogP contribution in [0.1, 0.15) is 40.0 Å². The van der Waals surface area contributed by atoms with Gasteiger partial charge in [0.25, 0.3) is 0 Å². The molecule has 0 aromatic carbocycles. The Hall–Kier alpha value is -0.530. The first-order valence-electron chi connectivity index (χ1n) is 5.03. The zero-order valence-electron chi connectivity index (χ0n) is 8.59. The first-order valence-corrected chi connectivity index (χ1v) is 5.03. The zero-order chi connectivity index (χ0) is 9.69. The lowest BCUT2D eigenvalue weighted by molar-refractivity contribution is -0.0249. The average molecular weight is 181 g/mol. The number of ether oxygens (including phenoxy) is 1. The van der Waals surface area contributed by atoms with E-state index in [2.05, 4.69) is 20.8 Å². The van der Waals surface area contributed by atoms with Crippen molar-refractivity contribution in [2.45, 2.75) is 46.1 Å². The van der Waals surface area contributed by atoms with Gasteiger partial charge in [-0.15, -0.1) is 0 Å². The Labute approximate surface area is 79.7 Å². The maximum absolute atomic E-state index is 10.3. The summed E-state index contributed by atoms with van der Waals surface area (Å²) >= 11 is 0. The third kappa shape index (κ3) is 1.04. The fourth-order valence-corrected chi connectivity index (χ4v) is 3.60. The summed E-state index contributed by atoms with van der Waals surface area (Å²) in [5.41, 5.74) is 0.385. The number of hydrogen-bond donors (Lipinski definition) is 0. The van der Waals surface area contributed by atoms with E-state index in [1.54, 1.807) is 6.47 Å². The minimum absolute atomic E-state index is 0.0799. The Kier molecular flexibility index (Phi) is 1.73. The molecule has 2 saturated carbocycles. The molecule has 0 aromatic rings. The fourth-order valence-electron chi connectivity index (χ4n) is 3.60. The lowest BCUT2D eigenvalue weighted by atomic mass is 9.70. The van der Waals surface area contributed by atoms with Gasteiger partial charge in [-0.3, -0.25) is 0 Å². The molecule has 73 valence electrons. The quantitative estimate of drug-likeness (QED) is 0.653. The molecule has 1 radical (unpaired) electrons. The van der Waals surface area contributed by atoms with Gasteiger partial charge in [0.15, 0.2) is 0 Å². The summed E-state index contributed by atoms with van der Waals surface area (Å²) in [6, 6.07) is 0. The molecule has 2 heteroatoms. The summed E-state index contributed by atoms with van der Waals surface area (Å²) in [6.45, 7) is 8.29. The second kappa shape index (κ2) is 2.49. The Morgan fingerprint density at radius 3 is 2.54 bits per heavy atom. The Bertz CT molecular complexity index is 229. The summed E-state index contributed by atoms with van der Waals surface area (Å²) in [4.78, 5) is 10.3. The minimum Gasteiger partial charge on any atom is -0.453 e. The van der Waals surface area contributed by atoms with E-state index in [9.17, 15) is 4.79 Å². The van der Waals surface area contributed by atoms with E-state index in [1.165, 1.54) is 19.3 Å². The zero-order valence-corrected chi connectivity index (χ0v) is 8.59. The highest BCUT2D eigenvalue weighted by atomic mass is 16.5. The molecule has 2 bridgehead atoms. The van der Waals surface area contributed by atoms with Gasteiger partial charge in [0, 0.05) is 10.8 Å². The van der Waals surface area contributed by atoms with Crippen molar-refractivity contribution < 1.29 is 9.53 Å². The Morgan fingerprint density at radius 2 is 2.08 bits per heavy atom. The van der Waals surface area contributed by atoms with Crippen LogP contribution >= 0.6 is 0 Å². The topological polar surface area (TPSA) is 26.3 Å². The highest BCUT2D eigenvalue weighted by molar-refractivity contribution is 5.39. The SMILES string of the molecule is CC12CCC(C1)C(C)(C)C2O[C]=O. The lowest BCUT2D eigenvalue weighted by Crippen LogP contribution is -2.42. The molecular weight excluding hydrogens is 164 g/mol. The minimum atomic E-state index is 0.0799. The molecule has 0 aliphatic heterocycles. The van der Waals surface area contributed by atoms with E-state index >= 15 is 0 Å². The summed E-state index contributed by atoms with van der Waals surface area (Å²) in [7, 11) is 0. The van der Waals surface area contributed by atoms with E-state index in [0.29, 0.717) is 0 Å². The number of carbonyl (C=O) groups excluding carboxylic acids is 1. The van der Waals surface area contributed by atoms with Gasteiger partial charge in [-0.1, -0.05) is 20.8 Å². The highest BCUT2D eigenvalue weighted by Crippen LogP contribution is 2.63. The highest BCUT2D eigenvalue weighted by Gasteiger charge is 2.60. The van der Waals surface area contributed by atoms with Crippen LogP contribution in [-0.2, 0) is 9.53 Å². The first kappa shape index (κ1) is 9.04. The summed E-state index contributed by atoms with van der Waals surface area (Å²) in [6.07, 6.45) is 3.79. The second-order valence-electron chi connectivity index (χ2n) is 5.50. The largest absolute Gasteiger partial charge is 0.453 e. The van der Waals surface area contributed by atoms with Crippen molar-refractivity contribution in [3.8, 4) is 0 Å². The summed E-state index contributed by atoms with van der Waals surface area (Å²) in [5, 5.41) is 0. The molecule has 13 heavy (non-hydrogen) atoms. The predicted molar refractivity (Wildman–Crippen MR) is 49.8 cm³/mol. The van der Waals surface area contributed by atoms with Gasteiger partial charge in [0.2, 0.25) is 0 Å². The van der Waals surface area contributed by atoms with E-state index in [1.807, 2.05) is 0 Å². The van der Waals surface area contributed by atoms with Crippen molar-refractivity contribution in [2.75, 3.05) is 0 Å². The lowest BCUT2D eigenvalue weighted by Gasteiger charge is -2.40. The van der Waals surface area contributed by atoms with Crippen LogP contribution in [0.2, 0.25) is 0 Å². The second-order valence-corrected chi connectivity index (χ2v) is 5.50. The molecule has 3 atom stereocenters. The van der Waals surface area contributed by atoms with Crippen LogP contribution in [0.3, 0.4) is 0 Å². The average Bonchev–Trinajstić information content (AvgIpc) is 2.50. The molecule has 2 fully saturated rings. The van der Waals surface area contributed by atoms with Crippen LogP contribution in [0.4, 0.5) is 0 Å². The van der Waals surface area contributed by atoms with Gasteiger partial charge >= 0.3 is 6.47 Å². The molecule has 0 aromatic heterocycles. The van der Waals surface area contributed by atoms with E-state index in [4.69, 9.17) is 4.74 Å². The van der Waals surface area contributed by atoms with Gasteiger partial charge in [0.1, 0.15) is 6.10 Å². The third-order valence-electron chi connectivity index (χ3n) is 4.30. The van der Waals surface area contributed by atoms with Crippen LogP contribution in [0.5, 0.6) is 0 Å². The third-order valence-corrected chi connectivity index (χ3v) is 4.30. The van der Waals surface area contributed by atoms with Crippen molar-refractivity contribution >= 4 is 6.47 Å². The van der Waals surface area contributed by atoms with Gasteiger partial charge < -0.3 is 4.74 Å². The fraction of sp³-hybridized carbons (Fsp3) is 0.909. The molecule has 2 nitrogen and oxygen atoms in total. The van der Waals surface area contributed by atoms with Crippen molar-refractivity contribution in [2.24, 2.45) is 16.7 Å². The number of fused-ring (bicyclic) bond motifs is 2. The van der Waals surface area contributed by atoms with Crippen LogP contribution in [-0.4, -0.2) is 12.6 Å².